The topological polar surface area (TPSA) is 54.0 Å². The molecule has 0 aliphatic rings. The average molecular weight is 123 g/mol. The maximum absolute atomic E-state index is 10.0. The van der Waals surface area contributed by atoms with Gasteiger partial charge in [-0.1, -0.05) is 0 Å². The number of rotatable bonds is 1. The Morgan fingerprint density at radius 1 is 1.43 bits per heavy atom. The van der Waals surface area contributed by atoms with Gasteiger partial charge >= 0.3 is 0 Å². The van der Waals surface area contributed by atoms with Crippen molar-refractivity contribution in [2.75, 3.05) is 6.26 Å². The quantitative estimate of drug-likeness (QED) is 0.485. The predicted molar refractivity (Wildman–Crippen MR) is 25.0 cm³/mol. The zero-order valence-corrected chi connectivity index (χ0v) is 5.03. The minimum Gasteiger partial charge on any atom is -0.226 e. The van der Waals surface area contributed by atoms with Gasteiger partial charge in [0.1, 0.15) is 0 Å². The molecule has 0 bridgehead atoms. The number of hydrogen-bond acceptors (Lipinski definition) is 2. The summed E-state index contributed by atoms with van der Waals surface area (Å²) in [6.07, 6.45) is 0.921. The highest BCUT2D eigenvalue weighted by Gasteiger charge is 2.10. The molecule has 1 atom stereocenters. The largest absolute Gasteiger partial charge is 0.226 e. The molecular weight excluding hydrogens is 116 g/mol. The Kier molecular flexibility index (Phi) is 1.77. The summed E-state index contributed by atoms with van der Waals surface area (Å²) < 4.78 is 20.0. The van der Waals surface area contributed by atoms with E-state index in [1.165, 1.54) is 0 Å². The summed E-state index contributed by atoms with van der Waals surface area (Å²) in [4.78, 5) is 0. The van der Waals surface area contributed by atoms with Crippen molar-refractivity contribution in [3.63, 3.8) is 0 Å². The van der Waals surface area contributed by atoms with Gasteiger partial charge in [0.05, 0.1) is 0 Å². The second kappa shape index (κ2) is 1.79. The Labute approximate surface area is 42.9 Å². The second-order valence-electron chi connectivity index (χ2n) is 1.40. The van der Waals surface area contributed by atoms with E-state index < -0.39 is 15.3 Å². The van der Waals surface area contributed by atoms with E-state index in [9.17, 15) is 13.5 Å². The summed E-state index contributed by atoms with van der Waals surface area (Å²) in [5, 5.41) is 9.96. The summed E-state index contributed by atoms with van der Waals surface area (Å²) in [5.41, 5.74) is -1.48. The third kappa shape index (κ3) is 2.59. The van der Waals surface area contributed by atoms with Crippen LogP contribution in [0.5, 0.6) is 0 Å². The molecule has 4 heteroatoms. The van der Waals surface area contributed by atoms with Gasteiger partial charge in [-0.05, 0) is 6.92 Å². The van der Waals surface area contributed by atoms with Crippen molar-refractivity contribution < 1.29 is 13.5 Å². The molecule has 0 amide bonds. The Bertz CT molecular complexity index is 132. The lowest BCUT2D eigenvalue weighted by atomic mass is 10.9. The van der Waals surface area contributed by atoms with E-state index in [0.717, 1.165) is 13.2 Å². The van der Waals surface area contributed by atoms with Crippen LogP contribution in [-0.4, -0.2) is 20.1 Å². The fourth-order valence-electron chi connectivity index (χ4n) is 0. The molecule has 0 heterocycles. The van der Waals surface area contributed by atoms with Crippen molar-refractivity contribution in [3.8, 4) is 0 Å². The van der Waals surface area contributed by atoms with Crippen LogP contribution in [0.2, 0.25) is 0 Å². The molecule has 43 valence electrons. The molecule has 0 aliphatic carbocycles. The number of hydrogen-bond donors (Lipinski definition) is 0. The van der Waals surface area contributed by atoms with Gasteiger partial charge < -0.3 is 0 Å². The highest BCUT2D eigenvalue weighted by molar-refractivity contribution is 7.91. The average Bonchev–Trinajstić information content (AvgIpc) is 1.31. The van der Waals surface area contributed by atoms with E-state index in [4.69, 9.17) is 0 Å². The summed E-state index contributed by atoms with van der Waals surface area (Å²) >= 11 is 0. The van der Waals surface area contributed by atoms with E-state index in [-0.39, 0.29) is 0 Å². The van der Waals surface area contributed by atoms with E-state index in [0.29, 0.717) is 0 Å². The standard InChI is InChI=1S/C3H7O3S/c1-3(4)7(2,5)6/h3H,1-2H3. The van der Waals surface area contributed by atoms with E-state index >= 15 is 0 Å². The van der Waals surface area contributed by atoms with Gasteiger partial charge in [-0.15, -0.1) is 0 Å². The van der Waals surface area contributed by atoms with Gasteiger partial charge in [0.15, 0.2) is 15.3 Å². The molecule has 0 N–H and O–H groups in total. The van der Waals surface area contributed by atoms with Crippen LogP contribution in [0.25, 0.3) is 0 Å². The van der Waals surface area contributed by atoms with Crippen LogP contribution in [0.4, 0.5) is 0 Å². The van der Waals surface area contributed by atoms with Gasteiger partial charge in [-0.2, -0.15) is 0 Å². The molecule has 0 aromatic rings. The first-order chi connectivity index (χ1) is 2.94. The molecule has 1 unspecified atom stereocenters. The third-order valence-electron chi connectivity index (χ3n) is 0.603. The summed E-state index contributed by atoms with van der Waals surface area (Å²) in [5.74, 6) is 0. The zero-order chi connectivity index (χ0) is 6.08. The van der Waals surface area contributed by atoms with Crippen LogP contribution in [0.15, 0.2) is 0 Å². The van der Waals surface area contributed by atoms with Crippen molar-refractivity contribution in [2.24, 2.45) is 0 Å². The van der Waals surface area contributed by atoms with E-state index in [1.54, 1.807) is 0 Å². The van der Waals surface area contributed by atoms with Crippen LogP contribution in [0.1, 0.15) is 6.92 Å². The minimum absolute atomic E-state index is 0.921. The van der Waals surface area contributed by atoms with Crippen molar-refractivity contribution in [1.29, 1.82) is 0 Å². The van der Waals surface area contributed by atoms with Gasteiger partial charge in [0.2, 0.25) is 0 Å². The van der Waals surface area contributed by atoms with Crippen molar-refractivity contribution in [3.05, 3.63) is 0 Å². The second-order valence-corrected chi connectivity index (χ2v) is 3.72. The fourth-order valence-corrected chi connectivity index (χ4v) is 0. The van der Waals surface area contributed by atoms with Gasteiger partial charge in [-0.3, -0.25) is 0 Å². The SMILES string of the molecule is CC([O])S(C)(=O)=O. The first-order valence-corrected chi connectivity index (χ1v) is 3.74. The molecule has 0 spiro atoms. The van der Waals surface area contributed by atoms with Crippen LogP contribution < -0.4 is 0 Å². The van der Waals surface area contributed by atoms with E-state index in [1.807, 2.05) is 0 Å². The highest BCUT2D eigenvalue weighted by Crippen LogP contribution is 1.90. The smallest absolute Gasteiger partial charge is 0.190 e. The monoisotopic (exact) mass is 123 g/mol. The molecule has 0 rings (SSSR count). The molecule has 7 heavy (non-hydrogen) atoms. The van der Waals surface area contributed by atoms with Gasteiger partial charge in [0, 0.05) is 6.26 Å². The van der Waals surface area contributed by atoms with Crippen molar-refractivity contribution >= 4 is 9.84 Å². The number of sulfone groups is 1. The van der Waals surface area contributed by atoms with Crippen molar-refractivity contribution in [2.45, 2.75) is 12.4 Å². The first-order valence-electron chi connectivity index (χ1n) is 1.79. The Hall–Kier alpha value is -0.0900. The van der Waals surface area contributed by atoms with Crippen LogP contribution in [0, 0.1) is 0 Å². The maximum atomic E-state index is 10.0. The summed E-state index contributed by atoms with van der Waals surface area (Å²) in [6.45, 7) is 1.11. The van der Waals surface area contributed by atoms with Crippen LogP contribution in [-0.2, 0) is 14.9 Å². The molecule has 0 aromatic carbocycles. The maximum Gasteiger partial charge on any atom is 0.190 e. The molecule has 0 saturated carbocycles. The molecule has 3 nitrogen and oxygen atoms in total. The molecule has 0 saturated heterocycles. The zero-order valence-electron chi connectivity index (χ0n) is 4.21. The summed E-state index contributed by atoms with van der Waals surface area (Å²) in [6, 6.07) is 0. The van der Waals surface area contributed by atoms with Crippen LogP contribution in [0.3, 0.4) is 0 Å². The minimum atomic E-state index is -3.30. The Morgan fingerprint density at radius 2 is 1.57 bits per heavy atom. The predicted octanol–water partition coefficient (Wildman–Crippen LogP) is -0.193. The molecular formula is C3H7O3S. The molecule has 0 aromatic heterocycles. The molecule has 1 radical (unpaired) electrons. The fraction of sp³-hybridized carbons (Fsp3) is 1.00. The van der Waals surface area contributed by atoms with Gasteiger partial charge in [0.25, 0.3) is 0 Å². The normalized spacial score (nSPS) is 16.4. The van der Waals surface area contributed by atoms with E-state index in [2.05, 4.69) is 0 Å². The lowest BCUT2D eigenvalue weighted by Crippen LogP contribution is -2.12. The highest BCUT2D eigenvalue weighted by atomic mass is 32.2. The lowest BCUT2D eigenvalue weighted by Gasteiger charge is -1.92. The Morgan fingerprint density at radius 3 is 1.57 bits per heavy atom. The molecule has 0 aliphatic heterocycles. The van der Waals surface area contributed by atoms with Crippen LogP contribution >= 0.6 is 0 Å². The third-order valence-corrected chi connectivity index (χ3v) is 1.81. The van der Waals surface area contributed by atoms with Crippen molar-refractivity contribution in [1.82, 2.24) is 0 Å². The van der Waals surface area contributed by atoms with Gasteiger partial charge in [-0.25, -0.2) is 13.5 Å². The Balaban J connectivity index is 4.10. The lowest BCUT2D eigenvalue weighted by molar-refractivity contribution is 0.171. The first kappa shape index (κ1) is 6.91. The summed E-state index contributed by atoms with van der Waals surface area (Å²) in [7, 11) is -3.30. The molecule has 0 fully saturated rings.